The van der Waals surface area contributed by atoms with E-state index in [2.05, 4.69) is 58.1 Å². The predicted molar refractivity (Wildman–Crippen MR) is 112 cm³/mol. The third-order valence-electron chi connectivity index (χ3n) is 6.86. The van der Waals surface area contributed by atoms with E-state index in [4.69, 9.17) is 4.74 Å². The van der Waals surface area contributed by atoms with Crippen LogP contribution in [0.3, 0.4) is 0 Å². The molecule has 0 N–H and O–H groups in total. The van der Waals surface area contributed by atoms with Gasteiger partial charge in [-0.25, -0.2) is 4.79 Å². The molecule has 2 aliphatic rings. The number of hydrogen-bond donors (Lipinski definition) is 0. The van der Waals surface area contributed by atoms with E-state index in [0.717, 1.165) is 0 Å². The quantitative estimate of drug-likeness (QED) is 0.585. The molecule has 0 aliphatic heterocycles. The monoisotopic (exact) mass is 382 g/mol. The Bertz CT molecular complexity index is 895. The summed E-state index contributed by atoms with van der Waals surface area (Å²) >= 11 is 2.06. The molecular formula is C24H30O2S. The van der Waals surface area contributed by atoms with E-state index in [1.807, 2.05) is 12.1 Å². The second-order valence-electron chi connectivity index (χ2n) is 9.68. The topological polar surface area (TPSA) is 26.3 Å². The standard InChI is InChI=1S/C24H30O2S/c1-15-18-20(23(4,5)12-11-22(18,2)3)27-19(15)24(13-14-24)17-9-7-16(8-10-17)21(25)26-6/h7-10H,11-14H2,1-6H3. The van der Waals surface area contributed by atoms with E-state index < -0.39 is 0 Å². The van der Waals surface area contributed by atoms with Crippen molar-refractivity contribution in [3.8, 4) is 0 Å². The SMILES string of the molecule is COC(=O)c1ccc(C2(c3sc4c(c3C)C(C)(C)CCC4(C)C)CC2)cc1. The summed E-state index contributed by atoms with van der Waals surface area (Å²) in [5.74, 6) is -0.266. The Morgan fingerprint density at radius 2 is 1.52 bits per heavy atom. The Labute approximate surface area is 167 Å². The molecule has 0 saturated heterocycles. The number of esters is 1. The summed E-state index contributed by atoms with van der Waals surface area (Å²) in [5.41, 5.74) is 5.76. The van der Waals surface area contributed by atoms with Gasteiger partial charge in [0.1, 0.15) is 0 Å². The number of fused-ring (bicyclic) bond motifs is 1. The fourth-order valence-electron chi connectivity index (χ4n) is 4.94. The number of methoxy groups -OCH3 is 1. The van der Waals surface area contributed by atoms with Crippen molar-refractivity contribution < 1.29 is 9.53 Å². The van der Waals surface area contributed by atoms with Crippen molar-refractivity contribution in [3.63, 3.8) is 0 Å². The van der Waals surface area contributed by atoms with Crippen molar-refractivity contribution in [3.05, 3.63) is 56.3 Å². The summed E-state index contributed by atoms with van der Waals surface area (Å²) in [7, 11) is 1.43. The van der Waals surface area contributed by atoms with Crippen LogP contribution in [-0.2, 0) is 21.0 Å². The third kappa shape index (κ3) is 2.77. The Morgan fingerprint density at radius 1 is 0.926 bits per heavy atom. The third-order valence-corrected chi connectivity index (χ3v) is 8.72. The van der Waals surface area contributed by atoms with Crippen LogP contribution in [0, 0.1) is 6.92 Å². The lowest BCUT2D eigenvalue weighted by Crippen LogP contribution is -2.32. The van der Waals surface area contributed by atoms with E-state index in [0.29, 0.717) is 5.56 Å². The van der Waals surface area contributed by atoms with Crippen LogP contribution in [0.15, 0.2) is 24.3 Å². The lowest BCUT2D eigenvalue weighted by molar-refractivity contribution is 0.0600. The summed E-state index contributed by atoms with van der Waals surface area (Å²) in [6.45, 7) is 12.0. The molecule has 2 nitrogen and oxygen atoms in total. The van der Waals surface area contributed by atoms with Crippen LogP contribution in [0.4, 0.5) is 0 Å². The molecule has 1 aromatic heterocycles. The number of benzene rings is 1. The van der Waals surface area contributed by atoms with Gasteiger partial charge < -0.3 is 4.74 Å². The molecule has 2 aromatic rings. The van der Waals surface area contributed by atoms with Gasteiger partial charge in [0, 0.05) is 15.2 Å². The van der Waals surface area contributed by atoms with Gasteiger partial charge in [0.2, 0.25) is 0 Å². The Kier molecular flexibility index (Phi) is 4.12. The molecule has 3 heteroatoms. The largest absolute Gasteiger partial charge is 0.465 e. The molecule has 0 bridgehead atoms. The molecule has 1 saturated carbocycles. The van der Waals surface area contributed by atoms with Crippen molar-refractivity contribution in [2.75, 3.05) is 7.11 Å². The van der Waals surface area contributed by atoms with Crippen LogP contribution < -0.4 is 0 Å². The highest BCUT2D eigenvalue weighted by Gasteiger charge is 2.51. The van der Waals surface area contributed by atoms with E-state index in [1.54, 1.807) is 15.3 Å². The van der Waals surface area contributed by atoms with Crippen molar-refractivity contribution in [2.45, 2.75) is 76.5 Å². The number of carbonyl (C=O) groups excluding carboxylic acids is 1. The molecule has 0 radical (unpaired) electrons. The lowest BCUT2D eigenvalue weighted by atomic mass is 9.65. The number of carbonyl (C=O) groups is 1. The summed E-state index contributed by atoms with van der Waals surface area (Å²) in [5, 5.41) is 0. The summed E-state index contributed by atoms with van der Waals surface area (Å²) < 4.78 is 4.85. The zero-order valence-corrected chi connectivity index (χ0v) is 18.2. The molecule has 1 aromatic carbocycles. The highest BCUT2D eigenvalue weighted by molar-refractivity contribution is 7.12. The Morgan fingerprint density at radius 3 is 2.04 bits per heavy atom. The lowest BCUT2D eigenvalue weighted by Gasteiger charge is -2.40. The van der Waals surface area contributed by atoms with Crippen LogP contribution in [-0.4, -0.2) is 13.1 Å². The zero-order valence-electron chi connectivity index (χ0n) is 17.4. The molecule has 0 unspecified atom stereocenters. The van der Waals surface area contributed by atoms with Gasteiger partial charge in [-0.3, -0.25) is 0 Å². The fourth-order valence-corrected chi connectivity index (χ4v) is 6.83. The first kappa shape index (κ1) is 18.7. The van der Waals surface area contributed by atoms with Gasteiger partial charge in [-0.2, -0.15) is 0 Å². The first-order valence-corrected chi connectivity index (χ1v) is 10.8. The Balaban J connectivity index is 1.80. The number of ether oxygens (including phenoxy) is 1. The Hall–Kier alpha value is -1.61. The van der Waals surface area contributed by atoms with Crippen molar-refractivity contribution in [1.82, 2.24) is 0 Å². The average molecular weight is 383 g/mol. The van der Waals surface area contributed by atoms with Crippen LogP contribution in [0.1, 0.15) is 90.2 Å². The minimum Gasteiger partial charge on any atom is -0.465 e. The first-order valence-electron chi connectivity index (χ1n) is 9.96. The van der Waals surface area contributed by atoms with Gasteiger partial charge >= 0.3 is 5.97 Å². The van der Waals surface area contributed by atoms with Crippen LogP contribution in [0.2, 0.25) is 0 Å². The fraction of sp³-hybridized carbons (Fsp3) is 0.542. The molecule has 144 valence electrons. The van der Waals surface area contributed by atoms with Crippen LogP contribution in [0.5, 0.6) is 0 Å². The van der Waals surface area contributed by atoms with Crippen molar-refractivity contribution >= 4 is 17.3 Å². The van der Waals surface area contributed by atoms with Crippen LogP contribution >= 0.6 is 11.3 Å². The minimum absolute atomic E-state index is 0.146. The van der Waals surface area contributed by atoms with E-state index in [9.17, 15) is 4.79 Å². The second kappa shape index (κ2) is 5.94. The van der Waals surface area contributed by atoms with Gasteiger partial charge in [-0.05, 0) is 72.3 Å². The second-order valence-corrected chi connectivity index (χ2v) is 10.7. The molecule has 1 heterocycles. The maximum absolute atomic E-state index is 11.8. The molecular weight excluding hydrogens is 352 g/mol. The molecule has 4 rings (SSSR count). The highest BCUT2D eigenvalue weighted by Crippen LogP contribution is 2.61. The van der Waals surface area contributed by atoms with E-state index >= 15 is 0 Å². The smallest absolute Gasteiger partial charge is 0.337 e. The van der Waals surface area contributed by atoms with E-state index in [-0.39, 0.29) is 22.2 Å². The normalized spacial score (nSPS) is 21.4. The molecule has 0 spiro atoms. The van der Waals surface area contributed by atoms with Crippen molar-refractivity contribution in [1.29, 1.82) is 0 Å². The average Bonchev–Trinajstić information content (AvgIpc) is 3.35. The zero-order chi connectivity index (χ0) is 19.6. The van der Waals surface area contributed by atoms with Gasteiger partial charge in [-0.1, -0.05) is 39.8 Å². The molecule has 1 fully saturated rings. The minimum atomic E-state index is -0.266. The van der Waals surface area contributed by atoms with Crippen LogP contribution in [0.25, 0.3) is 0 Å². The van der Waals surface area contributed by atoms with Gasteiger partial charge in [0.05, 0.1) is 12.7 Å². The summed E-state index contributed by atoms with van der Waals surface area (Å²) in [6.07, 6.45) is 4.91. The first-order chi connectivity index (χ1) is 12.6. The van der Waals surface area contributed by atoms with Gasteiger partial charge in [0.15, 0.2) is 0 Å². The maximum Gasteiger partial charge on any atom is 0.337 e. The molecule has 27 heavy (non-hydrogen) atoms. The predicted octanol–water partition coefficient (Wildman–Crippen LogP) is 6.27. The number of thiophene rings is 1. The number of rotatable bonds is 3. The molecule has 2 aliphatic carbocycles. The summed E-state index contributed by atoms with van der Waals surface area (Å²) in [4.78, 5) is 14.9. The van der Waals surface area contributed by atoms with Gasteiger partial charge in [0.25, 0.3) is 0 Å². The van der Waals surface area contributed by atoms with E-state index in [1.165, 1.54) is 43.9 Å². The highest BCUT2D eigenvalue weighted by atomic mass is 32.1. The summed E-state index contributed by atoms with van der Waals surface area (Å²) in [6, 6.07) is 8.09. The number of hydrogen-bond acceptors (Lipinski definition) is 3. The van der Waals surface area contributed by atoms with Gasteiger partial charge in [-0.15, -0.1) is 11.3 Å². The molecule has 0 atom stereocenters. The maximum atomic E-state index is 11.8. The molecule has 0 amide bonds. The van der Waals surface area contributed by atoms with Crippen molar-refractivity contribution in [2.24, 2.45) is 0 Å².